The highest BCUT2D eigenvalue weighted by atomic mass is 79.9. The minimum absolute atomic E-state index is 1.12. The summed E-state index contributed by atoms with van der Waals surface area (Å²) >= 11 is 3.80. The van der Waals surface area contributed by atoms with Crippen LogP contribution in [-0.4, -0.2) is 4.57 Å². The summed E-state index contributed by atoms with van der Waals surface area (Å²) in [5, 5.41) is 5.01. The Labute approximate surface area is 218 Å². The molecule has 1 aromatic heterocycles. The van der Waals surface area contributed by atoms with Crippen LogP contribution in [-0.2, 0) is 0 Å². The van der Waals surface area contributed by atoms with Crippen molar-refractivity contribution in [1.29, 1.82) is 0 Å². The first-order chi connectivity index (χ1) is 17.8. The molecule has 0 N–H and O–H groups in total. The lowest BCUT2D eigenvalue weighted by Gasteiger charge is -2.12. The number of halogens is 1. The van der Waals surface area contributed by atoms with Gasteiger partial charge >= 0.3 is 0 Å². The molecular weight excluding hydrogens is 502 g/mol. The lowest BCUT2D eigenvalue weighted by Crippen LogP contribution is -1.94. The first kappa shape index (κ1) is 21.2. The molecule has 1 heterocycles. The molecule has 0 bridgehead atoms. The van der Waals surface area contributed by atoms with Crippen molar-refractivity contribution in [3.63, 3.8) is 0 Å². The number of fused-ring (bicyclic) bond motifs is 4. The van der Waals surface area contributed by atoms with Gasteiger partial charge in [-0.05, 0) is 58.0 Å². The molecule has 170 valence electrons. The molecule has 1 nitrogen and oxygen atoms in total. The molecule has 0 unspecified atom stereocenters. The molecule has 0 spiro atoms. The van der Waals surface area contributed by atoms with E-state index in [4.69, 9.17) is 0 Å². The molecule has 7 aromatic rings. The Kier molecular flexibility index (Phi) is 5.00. The van der Waals surface area contributed by atoms with Crippen LogP contribution in [0.3, 0.4) is 0 Å². The third-order valence-electron chi connectivity index (χ3n) is 7.05. The van der Waals surface area contributed by atoms with Gasteiger partial charge in [-0.2, -0.15) is 0 Å². The molecule has 0 aliphatic rings. The van der Waals surface area contributed by atoms with Crippen molar-refractivity contribution in [2.45, 2.75) is 0 Å². The molecule has 2 heteroatoms. The number of hydrogen-bond acceptors (Lipinski definition) is 0. The average molecular weight is 524 g/mol. The Morgan fingerprint density at radius 1 is 0.472 bits per heavy atom. The number of nitrogens with zero attached hydrogens (tertiary/aromatic N) is 1. The Morgan fingerprint density at radius 2 is 1.19 bits per heavy atom. The van der Waals surface area contributed by atoms with Crippen LogP contribution in [0.1, 0.15) is 0 Å². The van der Waals surface area contributed by atoms with Crippen molar-refractivity contribution in [2.24, 2.45) is 0 Å². The fourth-order valence-electron chi connectivity index (χ4n) is 5.41. The molecule has 0 radical (unpaired) electrons. The van der Waals surface area contributed by atoms with Crippen molar-refractivity contribution in [2.75, 3.05) is 0 Å². The molecule has 0 aliphatic heterocycles. The van der Waals surface area contributed by atoms with Crippen molar-refractivity contribution < 1.29 is 0 Å². The zero-order valence-electron chi connectivity index (χ0n) is 19.5. The third-order valence-corrected chi connectivity index (χ3v) is 7.71. The van der Waals surface area contributed by atoms with Crippen molar-refractivity contribution in [3.05, 3.63) is 138 Å². The van der Waals surface area contributed by atoms with Crippen LogP contribution in [0.5, 0.6) is 0 Å². The van der Waals surface area contributed by atoms with E-state index in [2.05, 4.69) is 154 Å². The predicted molar refractivity (Wildman–Crippen MR) is 157 cm³/mol. The van der Waals surface area contributed by atoms with E-state index >= 15 is 0 Å². The number of aromatic nitrogens is 1. The molecule has 6 aromatic carbocycles. The standard InChI is InChI=1S/C34H22BrN/c35-31-17-8-12-24-11-7-16-28(34(24)31)26-19-20-30-29-15-4-5-18-32(29)36(33(30)22-26)27-14-6-13-25(21-27)23-9-2-1-3-10-23/h1-22H. The van der Waals surface area contributed by atoms with Gasteiger partial charge in [-0.1, -0.05) is 119 Å². The van der Waals surface area contributed by atoms with E-state index in [-0.39, 0.29) is 0 Å². The predicted octanol–water partition coefficient (Wildman–Crippen LogP) is 10.0. The van der Waals surface area contributed by atoms with Gasteiger partial charge in [-0.3, -0.25) is 0 Å². The summed E-state index contributed by atoms with van der Waals surface area (Å²) in [6.45, 7) is 0. The number of benzene rings is 6. The van der Waals surface area contributed by atoms with E-state index in [1.54, 1.807) is 0 Å². The number of para-hydroxylation sites is 1. The lowest BCUT2D eigenvalue weighted by molar-refractivity contribution is 1.18. The van der Waals surface area contributed by atoms with Gasteiger partial charge < -0.3 is 4.57 Å². The zero-order chi connectivity index (χ0) is 24.1. The molecule has 36 heavy (non-hydrogen) atoms. The third kappa shape index (κ3) is 3.37. The van der Waals surface area contributed by atoms with E-state index in [1.807, 2.05) is 0 Å². The Bertz CT molecular complexity index is 1890. The summed E-state index contributed by atoms with van der Waals surface area (Å²) in [5.74, 6) is 0. The van der Waals surface area contributed by atoms with Crippen molar-refractivity contribution in [1.82, 2.24) is 4.57 Å². The van der Waals surface area contributed by atoms with E-state index in [9.17, 15) is 0 Å². The molecule has 0 amide bonds. The van der Waals surface area contributed by atoms with Gasteiger partial charge in [0.1, 0.15) is 0 Å². The molecule has 0 atom stereocenters. The second kappa shape index (κ2) is 8.51. The van der Waals surface area contributed by atoms with Crippen molar-refractivity contribution >= 4 is 48.5 Å². The quantitative estimate of drug-likeness (QED) is 0.217. The summed E-state index contributed by atoms with van der Waals surface area (Å²) in [6.07, 6.45) is 0. The van der Waals surface area contributed by atoms with Gasteiger partial charge in [0, 0.05) is 26.3 Å². The molecule has 0 saturated carbocycles. The first-order valence-electron chi connectivity index (χ1n) is 12.1. The Balaban J connectivity index is 1.51. The number of rotatable bonds is 3. The maximum Gasteiger partial charge on any atom is 0.0547 e. The van der Waals surface area contributed by atoms with E-state index < -0.39 is 0 Å². The van der Waals surface area contributed by atoms with Gasteiger partial charge in [0.05, 0.1) is 11.0 Å². The molecule has 0 aliphatic carbocycles. The smallest absolute Gasteiger partial charge is 0.0547 e. The van der Waals surface area contributed by atoms with E-state index in [1.165, 1.54) is 60.5 Å². The largest absolute Gasteiger partial charge is 0.309 e. The fraction of sp³-hybridized carbons (Fsp3) is 0. The van der Waals surface area contributed by atoms with Gasteiger partial charge in [0.25, 0.3) is 0 Å². The maximum absolute atomic E-state index is 3.80. The van der Waals surface area contributed by atoms with Crippen LogP contribution in [0.25, 0.3) is 60.5 Å². The minimum Gasteiger partial charge on any atom is -0.309 e. The second-order valence-corrected chi connectivity index (χ2v) is 10.00. The van der Waals surface area contributed by atoms with Crippen LogP contribution in [0.4, 0.5) is 0 Å². The second-order valence-electron chi connectivity index (χ2n) is 9.14. The van der Waals surface area contributed by atoms with Gasteiger partial charge in [-0.25, -0.2) is 0 Å². The minimum atomic E-state index is 1.12. The summed E-state index contributed by atoms with van der Waals surface area (Å²) in [5.41, 5.74) is 8.48. The Hall–Kier alpha value is -4.14. The van der Waals surface area contributed by atoms with Crippen molar-refractivity contribution in [3.8, 4) is 27.9 Å². The summed E-state index contributed by atoms with van der Waals surface area (Å²) in [4.78, 5) is 0. The first-order valence-corrected chi connectivity index (χ1v) is 12.9. The molecule has 0 saturated heterocycles. The topological polar surface area (TPSA) is 4.93 Å². The van der Waals surface area contributed by atoms with E-state index in [0.717, 1.165) is 4.47 Å². The highest BCUT2D eigenvalue weighted by Gasteiger charge is 2.15. The summed E-state index contributed by atoms with van der Waals surface area (Å²) in [7, 11) is 0. The average Bonchev–Trinajstić information content (AvgIpc) is 3.27. The number of hydrogen-bond donors (Lipinski definition) is 0. The summed E-state index contributed by atoms with van der Waals surface area (Å²) < 4.78 is 3.52. The monoisotopic (exact) mass is 523 g/mol. The van der Waals surface area contributed by atoms with Crippen LogP contribution in [0.2, 0.25) is 0 Å². The highest BCUT2D eigenvalue weighted by molar-refractivity contribution is 9.10. The molecular formula is C34H22BrN. The van der Waals surface area contributed by atoms with Crippen LogP contribution in [0, 0.1) is 0 Å². The maximum atomic E-state index is 3.80. The van der Waals surface area contributed by atoms with Crippen LogP contribution in [0.15, 0.2) is 138 Å². The van der Waals surface area contributed by atoms with Gasteiger partial charge in [0.15, 0.2) is 0 Å². The lowest BCUT2D eigenvalue weighted by atomic mass is 9.97. The SMILES string of the molecule is Brc1cccc2cccc(-c3ccc4c5ccccc5n(-c5cccc(-c6ccccc6)c5)c4c3)c12. The van der Waals surface area contributed by atoms with Gasteiger partial charge in [-0.15, -0.1) is 0 Å². The normalized spacial score (nSPS) is 11.5. The van der Waals surface area contributed by atoms with E-state index in [0.29, 0.717) is 0 Å². The zero-order valence-corrected chi connectivity index (χ0v) is 21.1. The van der Waals surface area contributed by atoms with Gasteiger partial charge in [0.2, 0.25) is 0 Å². The summed E-state index contributed by atoms with van der Waals surface area (Å²) in [6, 6.07) is 47.9. The fourth-order valence-corrected chi connectivity index (χ4v) is 6.00. The van der Waals surface area contributed by atoms with Crippen LogP contribution < -0.4 is 0 Å². The molecule has 7 rings (SSSR count). The Morgan fingerprint density at radius 3 is 2.08 bits per heavy atom. The van der Waals surface area contributed by atoms with Crippen LogP contribution >= 0.6 is 15.9 Å². The highest BCUT2D eigenvalue weighted by Crippen LogP contribution is 2.38. The molecule has 0 fully saturated rings.